The summed E-state index contributed by atoms with van der Waals surface area (Å²) in [6.07, 6.45) is 0.877. The Hall–Kier alpha value is -2.66. The van der Waals surface area contributed by atoms with Gasteiger partial charge in [0.2, 0.25) is 5.91 Å². The Labute approximate surface area is 188 Å². The Balaban J connectivity index is 2.22. The van der Waals surface area contributed by atoms with Crippen LogP contribution in [0.3, 0.4) is 0 Å². The summed E-state index contributed by atoms with van der Waals surface area (Å²) in [5, 5.41) is 1.13. The molecule has 1 amide bonds. The van der Waals surface area contributed by atoms with Crippen molar-refractivity contribution >= 4 is 28.4 Å². The van der Waals surface area contributed by atoms with Crippen LogP contribution < -0.4 is 5.56 Å². The number of para-hydroxylation sites is 1. The number of hydrogen-bond acceptors (Lipinski definition) is 3. The third-order valence-electron chi connectivity index (χ3n) is 5.45. The monoisotopic (exact) mass is 439 g/mol. The average molecular weight is 440 g/mol. The van der Waals surface area contributed by atoms with E-state index in [1.807, 2.05) is 43.9 Å². The number of aromatic nitrogens is 2. The lowest BCUT2D eigenvalue weighted by atomic mass is 10.1. The van der Waals surface area contributed by atoms with E-state index >= 15 is 0 Å². The van der Waals surface area contributed by atoms with Crippen molar-refractivity contribution in [2.24, 2.45) is 11.8 Å². The molecule has 0 aliphatic heterocycles. The fraction of sp³-hybridized carbons (Fsp3) is 0.400. The van der Waals surface area contributed by atoms with Gasteiger partial charge in [-0.2, -0.15) is 0 Å². The molecule has 0 bridgehead atoms. The van der Waals surface area contributed by atoms with Gasteiger partial charge in [0.1, 0.15) is 5.82 Å². The van der Waals surface area contributed by atoms with Gasteiger partial charge in [-0.3, -0.25) is 14.2 Å². The third-order valence-corrected chi connectivity index (χ3v) is 5.70. The van der Waals surface area contributed by atoms with Crippen molar-refractivity contribution in [3.8, 4) is 5.69 Å². The van der Waals surface area contributed by atoms with Gasteiger partial charge in [-0.15, -0.1) is 0 Å². The number of carbonyl (C=O) groups is 1. The summed E-state index contributed by atoms with van der Waals surface area (Å²) >= 11 is 6.08. The van der Waals surface area contributed by atoms with Crippen LogP contribution in [0.4, 0.5) is 0 Å². The molecule has 3 rings (SSSR count). The van der Waals surface area contributed by atoms with Crippen LogP contribution in [-0.2, 0) is 4.79 Å². The highest BCUT2D eigenvalue weighted by molar-refractivity contribution is 6.30. The average Bonchev–Trinajstić information content (AvgIpc) is 2.74. The van der Waals surface area contributed by atoms with Crippen LogP contribution in [0.25, 0.3) is 16.6 Å². The molecule has 5 nitrogen and oxygen atoms in total. The molecule has 0 saturated heterocycles. The summed E-state index contributed by atoms with van der Waals surface area (Å²) in [6.45, 7) is 10.6. The van der Waals surface area contributed by atoms with E-state index in [0.29, 0.717) is 39.9 Å². The van der Waals surface area contributed by atoms with Gasteiger partial charge < -0.3 is 4.90 Å². The Morgan fingerprint density at radius 2 is 1.68 bits per heavy atom. The molecule has 31 heavy (non-hydrogen) atoms. The first kappa shape index (κ1) is 23.0. The van der Waals surface area contributed by atoms with Crippen LogP contribution in [0.2, 0.25) is 5.02 Å². The maximum absolute atomic E-state index is 13.5. The second-order valence-corrected chi connectivity index (χ2v) is 9.09. The quantitative estimate of drug-likeness (QED) is 0.479. The summed E-state index contributed by atoms with van der Waals surface area (Å²) in [4.78, 5) is 33.3. The summed E-state index contributed by atoms with van der Waals surface area (Å²) in [6, 6.07) is 14.1. The summed E-state index contributed by atoms with van der Waals surface area (Å²) < 4.78 is 1.61. The van der Waals surface area contributed by atoms with Crippen LogP contribution >= 0.6 is 11.6 Å². The zero-order valence-corrected chi connectivity index (χ0v) is 19.6. The van der Waals surface area contributed by atoms with E-state index in [1.54, 1.807) is 34.9 Å². The number of hydrogen-bond donors (Lipinski definition) is 0. The minimum Gasteiger partial charge on any atom is -0.333 e. The number of fused-ring (bicyclic) bond motifs is 1. The molecule has 3 aromatic rings. The number of halogens is 1. The summed E-state index contributed by atoms with van der Waals surface area (Å²) in [5.74, 6) is 0.908. The number of nitrogens with zero attached hydrogens (tertiary/aromatic N) is 3. The van der Waals surface area contributed by atoms with Crippen LogP contribution in [0.15, 0.2) is 53.3 Å². The predicted molar refractivity (Wildman–Crippen MR) is 127 cm³/mol. The van der Waals surface area contributed by atoms with E-state index in [1.165, 1.54) is 0 Å². The Kier molecular flexibility index (Phi) is 7.16. The first-order chi connectivity index (χ1) is 14.7. The lowest BCUT2D eigenvalue weighted by Gasteiger charge is -2.32. The molecule has 0 saturated carbocycles. The largest absolute Gasteiger partial charge is 0.333 e. The van der Waals surface area contributed by atoms with Crippen molar-refractivity contribution in [2.45, 2.75) is 47.1 Å². The Morgan fingerprint density at radius 1 is 1.03 bits per heavy atom. The molecule has 0 fully saturated rings. The second-order valence-electron chi connectivity index (χ2n) is 8.65. The number of rotatable bonds is 7. The van der Waals surface area contributed by atoms with E-state index in [4.69, 9.17) is 16.6 Å². The number of carbonyl (C=O) groups excluding carboxylic acids is 1. The van der Waals surface area contributed by atoms with Crippen LogP contribution in [0, 0.1) is 11.8 Å². The highest BCUT2D eigenvalue weighted by atomic mass is 35.5. The molecule has 1 aromatic heterocycles. The van der Waals surface area contributed by atoms with Crippen molar-refractivity contribution in [1.29, 1.82) is 0 Å². The van der Waals surface area contributed by atoms with Gasteiger partial charge in [0.05, 0.1) is 22.6 Å². The third kappa shape index (κ3) is 4.99. The molecule has 1 atom stereocenters. The highest BCUT2D eigenvalue weighted by Gasteiger charge is 2.28. The lowest BCUT2D eigenvalue weighted by Crippen LogP contribution is -2.40. The van der Waals surface area contributed by atoms with Gasteiger partial charge in [-0.1, -0.05) is 51.4 Å². The fourth-order valence-corrected chi connectivity index (χ4v) is 3.76. The van der Waals surface area contributed by atoms with Gasteiger partial charge >= 0.3 is 0 Å². The van der Waals surface area contributed by atoms with Crippen LogP contribution in [0.5, 0.6) is 0 Å². The van der Waals surface area contributed by atoms with Crippen molar-refractivity contribution in [3.63, 3.8) is 0 Å². The molecule has 1 heterocycles. The van der Waals surface area contributed by atoms with E-state index in [2.05, 4.69) is 13.8 Å². The van der Waals surface area contributed by atoms with Gasteiger partial charge in [0, 0.05) is 17.5 Å². The molecule has 0 aliphatic rings. The molecule has 1 unspecified atom stereocenters. The van der Waals surface area contributed by atoms with Crippen LogP contribution in [0.1, 0.15) is 52.9 Å². The summed E-state index contributed by atoms with van der Waals surface area (Å²) in [7, 11) is 0. The minimum atomic E-state index is -0.373. The number of amides is 1. The maximum Gasteiger partial charge on any atom is 0.266 e. The fourth-order valence-electron chi connectivity index (χ4n) is 3.63. The second kappa shape index (κ2) is 9.65. The molecular weight excluding hydrogens is 410 g/mol. The minimum absolute atomic E-state index is 0.0539. The Bertz CT molecular complexity index is 1120. The smallest absolute Gasteiger partial charge is 0.266 e. The highest BCUT2D eigenvalue weighted by Crippen LogP contribution is 2.25. The molecule has 164 valence electrons. The van der Waals surface area contributed by atoms with Crippen molar-refractivity contribution in [1.82, 2.24) is 14.5 Å². The standard InChI is InChI=1S/C25H30ClN3O2/c1-16(2)14-15-28(24(30)17(3)4)18(5)23-27-22-9-7-6-8-21(22)25(31)29(23)20-12-10-19(26)11-13-20/h6-13,16-18H,14-15H2,1-5H3. The SMILES string of the molecule is CC(C)CCN(C(=O)C(C)C)C(C)c1nc2ccccc2c(=O)n1-c1ccc(Cl)cc1. The molecule has 0 radical (unpaired) electrons. The molecule has 6 heteroatoms. The lowest BCUT2D eigenvalue weighted by molar-refractivity contribution is -0.137. The molecular formula is C25H30ClN3O2. The predicted octanol–water partition coefficient (Wildman–Crippen LogP) is 5.63. The van der Waals surface area contributed by atoms with E-state index in [-0.39, 0.29) is 23.4 Å². The van der Waals surface area contributed by atoms with Gasteiger partial charge in [-0.05, 0) is 55.7 Å². The van der Waals surface area contributed by atoms with Crippen molar-refractivity contribution < 1.29 is 4.79 Å². The van der Waals surface area contributed by atoms with E-state index in [9.17, 15) is 9.59 Å². The van der Waals surface area contributed by atoms with Gasteiger partial charge in [0.25, 0.3) is 5.56 Å². The molecule has 0 N–H and O–H groups in total. The first-order valence-electron chi connectivity index (χ1n) is 10.8. The van der Waals surface area contributed by atoms with Crippen molar-refractivity contribution in [2.75, 3.05) is 6.54 Å². The van der Waals surface area contributed by atoms with E-state index in [0.717, 1.165) is 6.42 Å². The topological polar surface area (TPSA) is 55.2 Å². The zero-order chi connectivity index (χ0) is 22.7. The van der Waals surface area contributed by atoms with E-state index < -0.39 is 0 Å². The summed E-state index contributed by atoms with van der Waals surface area (Å²) in [5.41, 5.74) is 1.14. The van der Waals surface area contributed by atoms with Gasteiger partial charge in [0.15, 0.2) is 0 Å². The Morgan fingerprint density at radius 3 is 2.29 bits per heavy atom. The van der Waals surface area contributed by atoms with Gasteiger partial charge in [-0.25, -0.2) is 4.98 Å². The first-order valence-corrected chi connectivity index (χ1v) is 11.2. The van der Waals surface area contributed by atoms with Crippen molar-refractivity contribution in [3.05, 3.63) is 69.7 Å². The normalized spacial score (nSPS) is 12.5. The van der Waals surface area contributed by atoms with Crippen LogP contribution in [-0.4, -0.2) is 26.9 Å². The zero-order valence-electron chi connectivity index (χ0n) is 18.8. The number of benzene rings is 2. The molecule has 0 aliphatic carbocycles. The molecule has 0 spiro atoms. The molecule has 2 aromatic carbocycles. The maximum atomic E-state index is 13.5.